The van der Waals surface area contributed by atoms with Gasteiger partial charge in [0.05, 0.1) is 16.3 Å². The highest BCUT2D eigenvalue weighted by Crippen LogP contribution is 2.30. The van der Waals surface area contributed by atoms with Gasteiger partial charge in [-0.3, -0.25) is 9.52 Å². The first-order chi connectivity index (χ1) is 15.4. The lowest BCUT2D eigenvalue weighted by Crippen LogP contribution is -2.43. The Balaban J connectivity index is 1.97. The standard InChI is InChI=1S/C23H31ClN4O3S/c1-3-5-14-27(4-2)23(29)18-6-11-22(28-15-12-25-13-16-28)21(17-18)26-32(30,31)20-9-7-19(24)8-10-20/h6-11,17,25-26H,3-5,12-16H2,1-2H3. The van der Waals surface area contributed by atoms with Gasteiger partial charge in [-0.1, -0.05) is 24.9 Å². The Labute approximate surface area is 195 Å². The van der Waals surface area contributed by atoms with Crippen molar-refractivity contribution in [2.45, 2.75) is 31.6 Å². The van der Waals surface area contributed by atoms with E-state index in [0.29, 0.717) is 29.4 Å². The van der Waals surface area contributed by atoms with Crippen molar-refractivity contribution in [2.75, 3.05) is 48.9 Å². The van der Waals surface area contributed by atoms with Crippen LogP contribution in [0.1, 0.15) is 37.0 Å². The van der Waals surface area contributed by atoms with Crippen LogP contribution in [0.3, 0.4) is 0 Å². The van der Waals surface area contributed by atoms with Crippen LogP contribution in [0, 0.1) is 0 Å². The van der Waals surface area contributed by atoms with Crippen molar-refractivity contribution in [3.8, 4) is 0 Å². The Morgan fingerprint density at radius 2 is 1.81 bits per heavy atom. The highest BCUT2D eigenvalue weighted by atomic mass is 35.5. The molecule has 3 rings (SSSR count). The van der Waals surface area contributed by atoms with Gasteiger partial charge >= 0.3 is 0 Å². The SMILES string of the molecule is CCCCN(CC)C(=O)c1ccc(N2CCNCC2)c(NS(=O)(=O)c2ccc(Cl)cc2)c1. The number of sulfonamides is 1. The third-order valence-electron chi connectivity index (χ3n) is 5.52. The molecular weight excluding hydrogens is 448 g/mol. The summed E-state index contributed by atoms with van der Waals surface area (Å²) < 4.78 is 28.9. The van der Waals surface area contributed by atoms with Gasteiger partial charge < -0.3 is 15.1 Å². The Morgan fingerprint density at radius 3 is 2.44 bits per heavy atom. The van der Waals surface area contributed by atoms with Gasteiger partial charge in [0.15, 0.2) is 0 Å². The lowest BCUT2D eigenvalue weighted by Gasteiger charge is -2.31. The normalized spacial score (nSPS) is 14.3. The maximum Gasteiger partial charge on any atom is 0.261 e. The molecule has 32 heavy (non-hydrogen) atoms. The van der Waals surface area contributed by atoms with Crippen LogP contribution < -0.4 is 14.9 Å². The van der Waals surface area contributed by atoms with Crippen LogP contribution in [-0.4, -0.2) is 58.5 Å². The molecule has 0 bridgehead atoms. The average molecular weight is 479 g/mol. The van der Waals surface area contributed by atoms with Crippen molar-refractivity contribution < 1.29 is 13.2 Å². The fourth-order valence-corrected chi connectivity index (χ4v) is 4.88. The quantitative estimate of drug-likeness (QED) is 0.572. The zero-order chi connectivity index (χ0) is 23.1. The van der Waals surface area contributed by atoms with E-state index in [9.17, 15) is 13.2 Å². The molecule has 7 nitrogen and oxygen atoms in total. The summed E-state index contributed by atoms with van der Waals surface area (Å²) in [6.45, 7) is 8.44. The number of benzene rings is 2. The lowest BCUT2D eigenvalue weighted by molar-refractivity contribution is 0.0762. The molecule has 0 aromatic heterocycles. The molecule has 0 radical (unpaired) electrons. The zero-order valence-electron chi connectivity index (χ0n) is 18.6. The number of carbonyl (C=O) groups is 1. The number of rotatable bonds is 9. The molecule has 2 N–H and O–H groups in total. The fraction of sp³-hybridized carbons (Fsp3) is 0.435. The first-order valence-corrected chi connectivity index (χ1v) is 12.9. The predicted molar refractivity (Wildman–Crippen MR) is 130 cm³/mol. The summed E-state index contributed by atoms with van der Waals surface area (Å²) in [6, 6.07) is 11.3. The molecule has 9 heteroatoms. The molecule has 1 amide bonds. The molecule has 1 aliphatic rings. The Hall–Kier alpha value is -2.29. The number of anilines is 2. The van der Waals surface area contributed by atoms with E-state index in [-0.39, 0.29) is 10.8 Å². The predicted octanol–water partition coefficient (Wildman–Crippen LogP) is 3.81. The number of unbranched alkanes of at least 4 members (excludes halogenated alkanes) is 1. The second-order valence-corrected chi connectivity index (χ2v) is 9.89. The van der Waals surface area contributed by atoms with E-state index in [0.717, 1.165) is 44.7 Å². The smallest absolute Gasteiger partial charge is 0.261 e. The summed E-state index contributed by atoms with van der Waals surface area (Å²) >= 11 is 5.91. The first kappa shape index (κ1) is 24.4. The number of nitrogens with one attached hydrogen (secondary N) is 2. The van der Waals surface area contributed by atoms with Crippen molar-refractivity contribution in [3.63, 3.8) is 0 Å². The summed E-state index contributed by atoms with van der Waals surface area (Å²) in [6.07, 6.45) is 1.92. The maximum absolute atomic E-state index is 13.1. The van der Waals surface area contributed by atoms with Gasteiger partial charge in [-0.2, -0.15) is 0 Å². The van der Waals surface area contributed by atoms with Crippen LogP contribution in [0.25, 0.3) is 0 Å². The number of piperazine rings is 1. The summed E-state index contributed by atoms with van der Waals surface area (Å²) in [7, 11) is -3.85. The van der Waals surface area contributed by atoms with Gasteiger partial charge in [-0.15, -0.1) is 0 Å². The van der Waals surface area contributed by atoms with Gasteiger partial charge in [0.25, 0.3) is 15.9 Å². The molecule has 174 valence electrons. The summed E-state index contributed by atoms with van der Waals surface area (Å²) in [5.41, 5.74) is 1.63. The third-order valence-corrected chi connectivity index (χ3v) is 7.15. The second-order valence-electron chi connectivity index (χ2n) is 7.77. The topological polar surface area (TPSA) is 81.8 Å². The maximum atomic E-state index is 13.1. The molecule has 0 spiro atoms. The Morgan fingerprint density at radius 1 is 1.12 bits per heavy atom. The molecule has 0 atom stereocenters. The number of halogens is 1. The molecule has 1 aliphatic heterocycles. The van der Waals surface area contributed by atoms with Crippen LogP contribution in [0.4, 0.5) is 11.4 Å². The summed E-state index contributed by atoms with van der Waals surface area (Å²) in [4.78, 5) is 17.1. The van der Waals surface area contributed by atoms with Crippen LogP contribution in [0.15, 0.2) is 47.4 Å². The number of nitrogens with zero attached hydrogens (tertiary/aromatic N) is 2. The monoisotopic (exact) mass is 478 g/mol. The summed E-state index contributed by atoms with van der Waals surface area (Å²) in [5, 5.41) is 3.76. The van der Waals surface area contributed by atoms with Crippen molar-refractivity contribution in [3.05, 3.63) is 53.1 Å². The second kappa shape index (κ2) is 11.0. The van der Waals surface area contributed by atoms with E-state index >= 15 is 0 Å². The minimum absolute atomic E-state index is 0.0975. The molecule has 0 aliphatic carbocycles. The Bertz CT molecular complexity index is 1020. The van der Waals surface area contributed by atoms with Crippen LogP contribution in [-0.2, 0) is 10.0 Å². The molecule has 1 saturated heterocycles. The van der Waals surface area contributed by atoms with E-state index in [1.807, 2.05) is 13.0 Å². The number of carbonyl (C=O) groups excluding carboxylic acids is 1. The highest BCUT2D eigenvalue weighted by molar-refractivity contribution is 7.92. The van der Waals surface area contributed by atoms with Gasteiger partial charge in [-0.05, 0) is 55.8 Å². The van der Waals surface area contributed by atoms with E-state index in [1.165, 1.54) is 12.1 Å². The summed E-state index contributed by atoms with van der Waals surface area (Å²) in [5.74, 6) is -0.0975. The number of amides is 1. The molecule has 2 aromatic carbocycles. The van der Waals surface area contributed by atoms with E-state index in [1.54, 1.807) is 29.2 Å². The Kier molecular flexibility index (Phi) is 8.39. The largest absolute Gasteiger partial charge is 0.367 e. The molecule has 1 fully saturated rings. The van der Waals surface area contributed by atoms with Crippen LogP contribution >= 0.6 is 11.6 Å². The lowest BCUT2D eigenvalue weighted by atomic mass is 10.1. The van der Waals surface area contributed by atoms with Gasteiger partial charge in [0.1, 0.15) is 0 Å². The molecule has 1 heterocycles. The first-order valence-electron chi connectivity index (χ1n) is 11.0. The average Bonchev–Trinajstić information content (AvgIpc) is 2.80. The number of hydrogen-bond acceptors (Lipinski definition) is 5. The van der Waals surface area contributed by atoms with Gasteiger partial charge in [0.2, 0.25) is 0 Å². The minimum atomic E-state index is -3.85. The fourth-order valence-electron chi connectivity index (χ4n) is 3.68. The molecule has 2 aromatic rings. The van der Waals surface area contributed by atoms with E-state index < -0.39 is 10.0 Å². The van der Waals surface area contributed by atoms with E-state index in [2.05, 4.69) is 21.9 Å². The van der Waals surface area contributed by atoms with E-state index in [4.69, 9.17) is 11.6 Å². The molecule has 0 saturated carbocycles. The van der Waals surface area contributed by atoms with Crippen molar-refractivity contribution in [2.24, 2.45) is 0 Å². The van der Waals surface area contributed by atoms with Crippen molar-refractivity contribution in [1.82, 2.24) is 10.2 Å². The minimum Gasteiger partial charge on any atom is -0.367 e. The highest BCUT2D eigenvalue weighted by Gasteiger charge is 2.22. The van der Waals surface area contributed by atoms with Crippen LogP contribution in [0.2, 0.25) is 5.02 Å². The van der Waals surface area contributed by atoms with Gasteiger partial charge in [0, 0.05) is 49.9 Å². The van der Waals surface area contributed by atoms with Crippen molar-refractivity contribution >= 4 is 38.9 Å². The molecule has 0 unspecified atom stereocenters. The zero-order valence-corrected chi connectivity index (χ0v) is 20.2. The van der Waals surface area contributed by atoms with Crippen LogP contribution in [0.5, 0.6) is 0 Å². The third kappa shape index (κ3) is 5.94. The molecular formula is C23H31ClN4O3S. The van der Waals surface area contributed by atoms with Crippen molar-refractivity contribution in [1.29, 1.82) is 0 Å². The van der Waals surface area contributed by atoms with Gasteiger partial charge in [-0.25, -0.2) is 8.42 Å². The number of hydrogen-bond donors (Lipinski definition) is 2.